The lowest BCUT2D eigenvalue weighted by Gasteiger charge is -2.04. The number of pyridine rings is 2. The maximum absolute atomic E-state index is 4.41. The molecule has 0 unspecified atom stereocenters. The zero-order valence-electron chi connectivity index (χ0n) is 8.57. The lowest BCUT2D eigenvalue weighted by molar-refractivity contribution is 0.636. The molecule has 0 aliphatic carbocycles. The van der Waals surface area contributed by atoms with Gasteiger partial charge in [0.25, 0.3) is 0 Å². The Morgan fingerprint density at radius 1 is 1.29 bits per heavy atom. The second kappa shape index (κ2) is 3.74. The van der Waals surface area contributed by atoms with Crippen LogP contribution in [-0.2, 0) is 6.42 Å². The fourth-order valence-electron chi connectivity index (χ4n) is 1.54. The van der Waals surface area contributed by atoms with E-state index in [9.17, 15) is 0 Å². The smallest absolute Gasteiger partial charge is 0.0735 e. The predicted molar refractivity (Wildman–Crippen MR) is 58.1 cm³/mol. The summed E-state index contributed by atoms with van der Waals surface area (Å²) in [6.07, 6.45) is 4.74. The zero-order valence-corrected chi connectivity index (χ0v) is 8.57. The van der Waals surface area contributed by atoms with Crippen molar-refractivity contribution in [3.8, 4) is 0 Å². The Balaban J connectivity index is 2.41. The maximum Gasteiger partial charge on any atom is 0.0735 e. The van der Waals surface area contributed by atoms with Gasteiger partial charge in [0.15, 0.2) is 0 Å². The monoisotopic (exact) mass is 186 g/mol. The summed E-state index contributed by atoms with van der Waals surface area (Å²) >= 11 is 0. The van der Waals surface area contributed by atoms with Gasteiger partial charge in [0.1, 0.15) is 0 Å². The molecule has 2 heteroatoms. The van der Waals surface area contributed by atoms with E-state index in [1.165, 1.54) is 0 Å². The van der Waals surface area contributed by atoms with E-state index in [0.717, 1.165) is 23.0 Å². The average molecular weight is 186 g/mol. The molecule has 14 heavy (non-hydrogen) atoms. The van der Waals surface area contributed by atoms with Crippen molar-refractivity contribution in [3.63, 3.8) is 0 Å². The molecule has 0 saturated carbocycles. The van der Waals surface area contributed by atoms with Crippen molar-refractivity contribution >= 4 is 10.9 Å². The molecule has 0 aliphatic rings. The van der Waals surface area contributed by atoms with Gasteiger partial charge in [0, 0.05) is 23.5 Å². The third-order valence-corrected chi connectivity index (χ3v) is 2.16. The standard InChI is InChI=1S/C12H14N2/c1-9(2)6-11-7-12-10(8-14-11)4-3-5-13-12/h3-5,7-9H,6H2,1-2H3. The number of aromatic nitrogens is 2. The van der Waals surface area contributed by atoms with Crippen molar-refractivity contribution in [2.24, 2.45) is 5.92 Å². The van der Waals surface area contributed by atoms with Crippen LogP contribution in [0.4, 0.5) is 0 Å². The maximum atomic E-state index is 4.41. The molecule has 2 heterocycles. The van der Waals surface area contributed by atoms with Crippen LogP contribution in [0.25, 0.3) is 10.9 Å². The molecule has 2 aromatic heterocycles. The van der Waals surface area contributed by atoms with Crippen LogP contribution >= 0.6 is 0 Å². The van der Waals surface area contributed by atoms with Gasteiger partial charge in [-0.05, 0) is 30.5 Å². The van der Waals surface area contributed by atoms with Crippen LogP contribution in [0.5, 0.6) is 0 Å². The van der Waals surface area contributed by atoms with Crippen LogP contribution in [0.2, 0.25) is 0 Å². The fourth-order valence-corrected chi connectivity index (χ4v) is 1.54. The number of hydrogen-bond acceptors (Lipinski definition) is 2. The molecule has 0 saturated heterocycles. The lowest BCUT2D eigenvalue weighted by atomic mass is 10.1. The first kappa shape index (κ1) is 9.13. The highest BCUT2D eigenvalue weighted by atomic mass is 14.7. The minimum atomic E-state index is 0.642. The average Bonchev–Trinajstić information content (AvgIpc) is 2.17. The third-order valence-electron chi connectivity index (χ3n) is 2.16. The van der Waals surface area contributed by atoms with Crippen molar-refractivity contribution in [1.82, 2.24) is 9.97 Å². The molecular weight excluding hydrogens is 172 g/mol. The van der Waals surface area contributed by atoms with E-state index in [2.05, 4.69) is 29.9 Å². The normalized spacial score (nSPS) is 11.1. The summed E-state index contributed by atoms with van der Waals surface area (Å²) < 4.78 is 0. The van der Waals surface area contributed by atoms with Gasteiger partial charge in [-0.3, -0.25) is 9.97 Å². The molecule has 0 amide bonds. The Morgan fingerprint density at radius 3 is 2.93 bits per heavy atom. The van der Waals surface area contributed by atoms with Gasteiger partial charge in [0.05, 0.1) is 5.52 Å². The molecule has 0 N–H and O–H groups in total. The third kappa shape index (κ3) is 1.90. The summed E-state index contributed by atoms with van der Waals surface area (Å²) in [7, 11) is 0. The van der Waals surface area contributed by atoms with Crippen LogP contribution in [-0.4, -0.2) is 9.97 Å². The Bertz CT molecular complexity index is 435. The van der Waals surface area contributed by atoms with E-state index in [-0.39, 0.29) is 0 Å². The summed E-state index contributed by atoms with van der Waals surface area (Å²) in [6, 6.07) is 6.05. The SMILES string of the molecule is CC(C)Cc1cc2ncccc2cn1. The predicted octanol–water partition coefficient (Wildman–Crippen LogP) is 2.83. The molecule has 2 aromatic rings. The van der Waals surface area contributed by atoms with Gasteiger partial charge < -0.3 is 0 Å². The van der Waals surface area contributed by atoms with Gasteiger partial charge >= 0.3 is 0 Å². The van der Waals surface area contributed by atoms with Crippen LogP contribution in [0.3, 0.4) is 0 Å². The highest BCUT2D eigenvalue weighted by Gasteiger charge is 2.00. The molecular formula is C12H14N2. The molecule has 0 bridgehead atoms. The highest BCUT2D eigenvalue weighted by molar-refractivity contribution is 5.77. The number of fused-ring (bicyclic) bond motifs is 1. The van der Waals surface area contributed by atoms with Crippen LogP contribution in [0.15, 0.2) is 30.6 Å². The summed E-state index contributed by atoms with van der Waals surface area (Å²) in [4.78, 5) is 8.72. The highest BCUT2D eigenvalue weighted by Crippen LogP contribution is 2.12. The summed E-state index contributed by atoms with van der Waals surface area (Å²) in [5, 5.41) is 1.11. The lowest BCUT2D eigenvalue weighted by Crippen LogP contribution is -1.97. The van der Waals surface area contributed by atoms with Crippen LogP contribution in [0.1, 0.15) is 19.5 Å². The van der Waals surface area contributed by atoms with Gasteiger partial charge in [-0.25, -0.2) is 0 Å². The van der Waals surface area contributed by atoms with Crippen molar-refractivity contribution < 1.29 is 0 Å². The van der Waals surface area contributed by atoms with Crippen molar-refractivity contribution in [2.45, 2.75) is 20.3 Å². The van der Waals surface area contributed by atoms with Crippen LogP contribution < -0.4 is 0 Å². The van der Waals surface area contributed by atoms with Gasteiger partial charge in [-0.1, -0.05) is 13.8 Å². The molecule has 0 aromatic carbocycles. The molecule has 0 aliphatic heterocycles. The first-order valence-electron chi connectivity index (χ1n) is 4.95. The van der Waals surface area contributed by atoms with Gasteiger partial charge in [0.2, 0.25) is 0 Å². The number of nitrogens with zero attached hydrogens (tertiary/aromatic N) is 2. The molecule has 2 rings (SSSR count). The van der Waals surface area contributed by atoms with E-state index >= 15 is 0 Å². The van der Waals surface area contributed by atoms with E-state index in [1.807, 2.05) is 24.5 Å². The molecule has 72 valence electrons. The summed E-state index contributed by atoms with van der Waals surface area (Å²) in [5.41, 5.74) is 2.17. The Hall–Kier alpha value is -1.44. The van der Waals surface area contributed by atoms with Crippen molar-refractivity contribution in [2.75, 3.05) is 0 Å². The fraction of sp³-hybridized carbons (Fsp3) is 0.333. The van der Waals surface area contributed by atoms with E-state index < -0.39 is 0 Å². The van der Waals surface area contributed by atoms with Gasteiger partial charge in [-0.2, -0.15) is 0 Å². The molecule has 0 spiro atoms. The summed E-state index contributed by atoms with van der Waals surface area (Å²) in [6.45, 7) is 4.40. The first-order chi connectivity index (χ1) is 6.75. The molecule has 0 fully saturated rings. The molecule has 0 atom stereocenters. The topological polar surface area (TPSA) is 25.8 Å². The van der Waals surface area contributed by atoms with E-state index in [1.54, 1.807) is 0 Å². The van der Waals surface area contributed by atoms with Gasteiger partial charge in [-0.15, -0.1) is 0 Å². The second-order valence-corrected chi connectivity index (χ2v) is 3.97. The Labute approximate surface area is 84.0 Å². The number of rotatable bonds is 2. The zero-order chi connectivity index (χ0) is 9.97. The van der Waals surface area contributed by atoms with Crippen LogP contribution in [0, 0.1) is 5.92 Å². The largest absolute Gasteiger partial charge is 0.261 e. The van der Waals surface area contributed by atoms with E-state index in [4.69, 9.17) is 0 Å². The summed E-state index contributed by atoms with van der Waals surface area (Å²) in [5.74, 6) is 0.642. The Kier molecular flexibility index (Phi) is 2.44. The minimum absolute atomic E-state index is 0.642. The van der Waals surface area contributed by atoms with E-state index in [0.29, 0.717) is 5.92 Å². The minimum Gasteiger partial charge on any atom is -0.261 e. The first-order valence-corrected chi connectivity index (χ1v) is 4.95. The van der Waals surface area contributed by atoms with Crippen molar-refractivity contribution in [1.29, 1.82) is 0 Å². The Morgan fingerprint density at radius 2 is 2.14 bits per heavy atom. The molecule has 0 radical (unpaired) electrons. The quantitative estimate of drug-likeness (QED) is 0.720. The number of hydrogen-bond donors (Lipinski definition) is 0. The molecule has 2 nitrogen and oxygen atoms in total. The van der Waals surface area contributed by atoms with Crippen molar-refractivity contribution in [3.05, 3.63) is 36.3 Å². The second-order valence-electron chi connectivity index (χ2n) is 3.97.